The summed E-state index contributed by atoms with van der Waals surface area (Å²) < 4.78 is 0. The van der Waals surface area contributed by atoms with Crippen LogP contribution in [-0.2, 0) is 6.42 Å². The highest BCUT2D eigenvalue weighted by Gasteiger charge is 2.34. The van der Waals surface area contributed by atoms with Crippen LogP contribution in [0.1, 0.15) is 63.2 Å². The van der Waals surface area contributed by atoms with Crippen LogP contribution in [0.25, 0.3) is 0 Å². The maximum Gasteiger partial charge on any atom is 0.0487 e. The Hall–Kier alpha value is -0.340. The second-order valence-corrected chi connectivity index (χ2v) is 7.36. The largest absolute Gasteiger partial charge is 0.396 e. The molecule has 0 amide bonds. The Kier molecular flexibility index (Phi) is 5.90. The third-order valence-corrected chi connectivity index (χ3v) is 5.89. The first-order valence-corrected chi connectivity index (χ1v) is 8.79. The van der Waals surface area contributed by atoms with Crippen LogP contribution >= 0.6 is 11.3 Å². The second-order valence-electron chi connectivity index (χ2n) is 6.32. The first kappa shape index (κ1) is 15.1. The molecule has 1 aliphatic carbocycles. The molecule has 1 N–H and O–H groups in total. The van der Waals surface area contributed by atoms with E-state index in [1.54, 1.807) is 0 Å². The minimum Gasteiger partial charge on any atom is -0.396 e. The number of rotatable bonds is 7. The summed E-state index contributed by atoms with van der Waals surface area (Å²) in [4.78, 5) is 1.47. The van der Waals surface area contributed by atoms with Crippen LogP contribution in [0.4, 0.5) is 0 Å². The predicted octanol–water partition coefficient (Wildman–Crippen LogP) is 5.04. The van der Waals surface area contributed by atoms with Gasteiger partial charge in [0.05, 0.1) is 0 Å². The number of aliphatic hydroxyl groups excluding tert-OH is 1. The fourth-order valence-corrected chi connectivity index (χ4v) is 4.11. The fraction of sp³-hybridized carbons (Fsp3) is 0.765. The zero-order valence-electron chi connectivity index (χ0n) is 12.2. The topological polar surface area (TPSA) is 20.2 Å². The average molecular weight is 280 g/mol. The lowest BCUT2D eigenvalue weighted by Crippen LogP contribution is -2.31. The van der Waals surface area contributed by atoms with Crippen LogP contribution in [-0.4, -0.2) is 11.7 Å². The van der Waals surface area contributed by atoms with Gasteiger partial charge < -0.3 is 5.11 Å². The molecule has 2 rings (SSSR count). The quantitative estimate of drug-likeness (QED) is 0.742. The molecule has 0 aliphatic heterocycles. The van der Waals surface area contributed by atoms with Crippen molar-refractivity contribution in [3.05, 3.63) is 22.4 Å². The fourth-order valence-electron chi connectivity index (χ4n) is 3.40. The van der Waals surface area contributed by atoms with Gasteiger partial charge in [-0.15, -0.1) is 11.3 Å². The van der Waals surface area contributed by atoms with Crippen LogP contribution in [0.5, 0.6) is 0 Å². The zero-order chi connectivity index (χ0) is 13.6. The Morgan fingerprint density at radius 1 is 1.37 bits per heavy atom. The number of aryl methyl sites for hydroxylation is 1. The number of hydrogen-bond acceptors (Lipinski definition) is 2. The molecule has 0 spiro atoms. The second kappa shape index (κ2) is 7.44. The SMILES string of the molecule is CCCCC1CCC(CO)(CCc2cccs2)CC1. The van der Waals surface area contributed by atoms with Crippen molar-refractivity contribution < 1.29 is 5.11 Å². The van der Waals surface area contributed by atoms with Gasteiger partial charge in [-0.1, -0.05) is 32.3 Å². The highest BCUT2D eigenvalue weighted by molar-refractivity contribution is 7.09. The predicted molar refractivity (Wildman–Crippen MR) is 83.6 cm³/mol. The number of unbranched alkanes of at least 4 members (excludes halogenated alkanes) is 1. The summed E-state index contributed by atoms with van der Waals surface area (Å²) in [6, 6.07) is 4.36. The van der Waals surface area contributed by atoms with Crippen molar-refractivity contribution in [2.45, 2.75) is 64.7 Å². The third kappa shape index (κ3) is 4.32. The molecular formula is C17H28OS. The van der Waals surface area contributed by atoms with Crippen LogP contribution in [0.15, 0.2) is 17.5 Å². The van der Waals surface area contributed by atoms with Crippen molar-refractivity contribution in [1.29, 1.82) is 0 Å². The molecule has 1 fully saturated rings. The number of thiophene rings is 1. The maximum absolute atomic E-state index is 9.84. The van der Waals surface area contributed by atoms with E-state index in [0.717, 1.165) is 12.3 Å². The summed E-state index contributed by atoms with van der Waals surface area (Å²) in [6.07, 6.45) is 11.6. The molecule has 1 aromatic rings. The van der Waals surface area contributed by atoms with Crippen LogP contribution in [0.2, 0.25) is 0 Å². The molecule has 0 saturated heterocycles. The summed E-state index contributed by atoms with van der Waals surface area (Å²) in [6.45, 7) is 2.67. The summed E-state index contributed by atoms with van der Waals surface area (Å²) in [5.41, 5.74) is 0.229. The lowest BCUT2D eigenvalue weighted by Gasteiger charge is -2.39. The van der Waals surface area contributed by atoms with Gasteiger partial charge >= 0.3 is 0 Å². The van der Waals surface area contributed by atoms with Gasteiger partial charge in [-0.2, -0.15) is 0 Å². The van der Waals surface area contributed by atoms with E-state index in [9.17, 15) is 5.11 Å². The van der Waals surface area contributed by atoms with Crippen LogP contribution < -0.4 is 0 Å². The Bertz CT molecular complexity index is 336. The van der Waals surface area contributed by atoms with E-state index in [1.807, 2.05) is 11.3 Å². The molecule has 108 valence electrons. The number of hydrogen-bond donors (Lipinski definition) is 1. The lowest BCUT2D eigenvalue weighted by atomic mass is 9.67. The molecule has 1 aliphatic rings. The Morgan fingerprint density at radius 3 is 2.74 bits per heavy atom. The van der Waals surface area contributed by atoms with Crippen molar-refractivity contribution in [3.8, 4) is 0 Å². The van der Waals surface area contributed by atoms with Gasteiger partial charge in [0.15, 0.2) is 0 Å². The van der Waals surface area contributed by atoms with Crippen molar-refractivity contribution >= 4 is 11.3 Å². The summed E-state index contributed by atoms with van der Waals surface area (Å²) in [5.74, 6) is 0.932. The standard InChI is InChI=1S/C17H28OS/c1-2-3-5-15-7-10-17(14-18,11-8-15)12-9-16-6-4-13-19-16/h4,6,13,15,18H,2-3,5,7-12,14H2,1H3. The van der Waals surface area contributed by atoms with Gasteiger partial charge in [0.2, 0.25) is 0 Å². The van der Waals surface area contributed by atoms with E-state index in [4.69, 9.17) is 0 Å². The normalized spacial score (nSPS) is 27.6. The smallest absolute Gasteiger partial charge is 0.0487 e. The van der Waals surface area contributed by atoms with Crippen molar-refractivity contribution in [3.63, 3.8) is 0 Å². The van der Waals surface area contributed by atoms with Crippen LogP contribution in [0, 0.1) is 11.3 Å². The summed E-state index contributed by atoms with van der Waals surface area (Å²) in [5, 5.41) is 12.0. The van der Waals surface area contributed by atoms with Crippen LogP contribution in [0.3, 0.4) is 0 Å². The van der Waals surface area contributed by atoms with E-state index in [1.165, 1.54) is 56.2 Å². The van der Waals surface area contributed by atoms with Gasteiger partial charge in [0.25, 0.3) is 0 Å². The summed E-state index contributed by atoms with van der Waals surface area (Å²) in [7, 11) is 0. The molecule has 1 saturated carbocycles. The molecule has 2 heteroatoms. The minimum absolute atomic E-state index is 0.229. The van der Waals surface area contributed by atoms with E-state index in [2.05, 4.69) is 24.4 Å². The summed E-state index contributed by atoms with van der Waals surface area (Å²) >= 11 is 1.85. The third-order valence-electron chi connectivity index (χ3n) is 4.95. The Morgan fingerprint density at radius 2 is 2.16 bits per heavy atom. The van der Waals surface area contributed by atoms with E-state index < -0.39 is 0 Å². The number of aliphatic hydroxyl groups is 1. The molecule has 0 atom stereocenters. The van der Waals surface area contributed by atoms with E-state index in [-0.39, 0.29) is 5.41 Å². The zero-order valence-corrected chi connectivity index (χ0v) is 13.1. The molecular weight excluding hydrogens is 252 g/mol. The molecule has 0 aromatic carbocycles. The van der Waals surface area contributed by atoms with Gasteiger partial charge in [-0.05, 0) is 61.3 Å². The monoisotopic (exact) mass is 280 g/mol. The molecule has 0 radical (unpaired) electrons. The average Bonchev–Trinajstić information content (AvgIpc) is 2.97. The molecule has 0 unspecified atom stereocenters. The Labute approximate surface area is 122 Å². The lowest BCUT2D eigenvalue weighted by molar-refractivity contribution is 0.0544. The van der Waals surface area contributed by atoms with E-state index >= 15 is 0 Å². The molecule has 19 heavy (non-hydrogen) atoms. The first-order chi connectivity index (χ1) is 9.28. The van der Waals surface area contributed by atoms with E-state index in [0.29, 0.717) is 6.61 Å². The molecule has 1 heterocycles. The van der Waals surface area contributed by atoms with Crippen molar-refractivity contribution in [2.24, 2.45) is 11.3 Å². The minimum atomic E-state index is 0.229. The highest BCUT2D eigenvalue weighted by atomic mass is 32.1. The van der Waals surface area contributed by atoms with Gasteiger partial charge in [0.1, 0.15) is 0 Å². The first-order valence-electron chi connectivity index (χ1n) is 7.91. The van der Waals surface area contributed by atoms with Gasteiger partial charge in [0, 0.05) is 11.5 Å². The van der Waals surface area contributed by atoms with Crippen molar-refractivity contribution in [2.75, 3.05) is 6.61 Å². The van der Waals surface area contributed by atoms with Crippen molar-refractivity contribution in [1.82, 2.24) is 0 Å². The molecule has 0 bridgehead atoms. The van der Waals surface area contributed by atoms with Gasteiger partial charge in [-0.25, -0.2) is 0 Å². The van der Waals surface area contributed by atoms with Gasteiger partial charge in [-0.3, -0.25) is 0 Å². The maximum atomic E-state index is 9.84. The highest BCUT2D eigenvalue weighted by Crippen LogP contribution is 2.43. The molecule has 1 aromatic heterocycles. The Balaban J connectivity index is 1.80. The molecule has 1 nitrogen and oxygen atoms in total.